The van der Waals surface area contributed by atoms with Gasteiger partial charge in [-0.1, -0.05) is 12.1 Å². The van der Waals surface area contributed by atoms with Crippen molar-refractivity contribution in [2.24, 2.45) is 5.92 Å². The minimum absolute atomic E-state index is 0.0723. The molecular weight excluding hydrogens is 388 g/mol. The average molecular weight is 417 g/mol. The van der Waals surface area contributed by atoms with E-state index in [1.807, 2.05) is 42.6 Å². The summed E-state index contributed by atoms with van der Waals surface area (Å²) < 4.78 is 5.16. The van der Waals surface area contributed by atoms with Crippen molar-refractivity contribution in [2.45, 2.75) is 38.0 Å². The molecule has 1 amide bonds. The highest BCUT2D eigenvalue weighted by atomic mass is 16.5. The van der Waals surface area contributed by atoms with Gasteiger partial charge in [0.15, 0.2) is 0 Å². The zero-order chi connectivity index (χ0) is 21.5. The van der Waals surface area contributed by atoms with Crippen molar-refractivity contribution in [1.82, 2.24) is 20.3 Å². The molecule has 31 heavy (non-hydrogen) atoms. The van der Waals surface area contributed by atoms with E-state index in [1.165, 1.54) is 0 Å². The van der Waals surface area contributed by atoms with Crippen molar-refractivity contribution in [3.63, 3.8) is 0 Å². The maximum atomic E-state index is 12.3. The van der Waals surface area contributed by atoms with E-state index < -0.39 is 0 Å². The van der Waals surface area contributed by atoms with Gasteiger partial charge in [-0.15, -0.1) is 0 Å². The number of nitrogens with one attached hydrogen (secondary N) is 1. The summed E-state index contributed by atoms with van der Waals surface area (Å²) >= 11 is 0. The molecule has 4 rings (SSSR count). The van der Waals surface area contributed by atoms with Crippen LogP contribution in [0.3, 0.4) is 0 Å². The SMILES string of the molecule is COc1ccc(CC(=O)NCC2CCC(c3ncncc3-c3ccncc3)CC2)cc1. The number of hydrogen-bond donors (Lipinski definition) is 1. The second kappa shape index (κ2) is 10.2. The molecule has 0 saturated heterocycles. The van der Waals surface area contributed by atoms with Gasteiger partial charge in [-0.25, -0.2) is 9.97 Å². The fourth-order valence-electron chi connectivity index (χ4n) is 4.31. The number of methoxy groups -OCH3 is 1. The molecule has 0 atom stereocenters. The first-order chi connectivity index (χ1) is 15.2. The predicted molar refractivity (Wildman–Crippen MR) is 120 cm³/mol. The van der Waals surface area contributed by atoms with Crippen molar-refractivity contribution in [2.75, 3.05) is 13.7 Å². The standard InChI is InChI=1S/C25H28N4O2/c1-31-22-8-4-18(5-9-22)14-24(30)28-15-19-2-6-21(7-3-19)25-23(16-27-17-29-25)20-10-12-26-13-11-20/h4-5,8-13,16-17,19,21H,2-3,6-7,14-15H2,1H3,(H,28,30). The Balaban J connectivity index is 1.28. The molecule has 2 heterocycles. The third-order valence-electron chi connectivity index (χ3n) is 6.08. The summed E-state index contributed by atoms with van der Waals surface area (Å²) in [5, 5.41) is 3.12. The van der Waals surface area contributed by atoms with Crippen molar-refractivity contribution in [3.8, 4) is 16.9 Å². The van der Waals surface area contributed by atoms with Gasteiger partial charge in [0, 0.05) is 36.6 Å². The van der Waals surface area contributed by atoms with E-state index in [1.54, 1.807) is 25.8 Å². The Morgan fingerprint density at radius 3 is 2.48 bits per heavy atom. The largest absolute Gasteiger partial charge is 0.497 e. The van der Waals surface area contributed by atoms with Crippen LogP contribution in [0, 0.1) is 5.92 Å². The molecule has 1 aromatic carbocycles. The summed E-state index contributed by atoms with van der Waals surface area (Å²) in [6, 6.07) is 11.7. The first kappa shape index (κ1) is 21.0. The van der Waals surface area contributed by atoms with Gasteiger partial charge in [-0.3, -0.25) is 9.78 Å². The Morgan fingerprint density at radius 2 is 1.77 bits per heavy atom. The van der Waals surface area contributed by atoms with Gasteiger partial charge in [-0.2, -0.15) is 0 Å². The van der Waals surface area contributed by atoms with E-state index in [0.29, 0.717) is 18.3 Å². The molecule has 0 bridgehead atoms. The van der Waals surface area contributed by atoms with Crippen LogP contribution in [0.2, 0.25) is 0 Å². The molecule has 160 valence electrons. The Bertz CT molecular complexity index is 984. The predicted octanol–water partition coefficient (Wildman–Crippen LogP) is 4.18. The fraction of sp³-hybridized carbons (Fsp3) is 0.360. The Morgan fingerprint density at radius 1 is 1.03 bits per heavy atom. The van der Waals surface area contributed by atoms with E-state index in [0.717, 1.165) is 60.4 Å². The zero-order valence-corrected chi connectivity index (χ0v) is 17.8. The number of hydrogen-bond acceptors (Lipinski definition) is 5. The quantitative estimate of drug-likeness (QED) is 0.625. The normalized spacial score (nSPS) is 18.4. The number of ether oxygens (including phenoxy) is 1. The lowest BCUT2D eigenvalue weighted by Crippen LogP contribution is -2.32. The van der Waals surface area contributed by atoms with Crippen LogP contribution in [-0.4, -0.2) is 34.5 Å². The second-order valence-electron chi connectivity index (χ2n) is 8.10. The van der Waals surface area contributed by atoms with Crippen molar-refractivity contribution < 1.29 is 9.53 Å². The van der Waals surface area contributed by atoms with Crippen molar-refractivity contribution in [3.05, 3.63) is 72.6 Å². The van der Waals surface area contributed by atoms with E-state index >= 15 is 0 Å². The maximum absolute atomic E-state index is 12.3. The molecule has 0 radical (unpaired) electrons. The molecule has 1 N–H and O–H groups in total. The van der Waals surface area contributed by atoms with E-state index in [9.17, 15) is 4.79 Å². The number of rotatable bonds is 7. The summed E-state index contributed by atoms with van der Waals surface area (Å²) in [6.07, 6.45) is 11.9. The highest BCUT2D eigenvalue weighted by Gasteiger charge is 2.25. The van der Waals surface area contributed by atoms with Gasteiger partial charge >= 0.3 is 0 Å². The van der Waals surface area contributed by atoms with Gasteiger partial charge in [0.05, 0.1) is 19.2 Å². The summed E-state index contributed by atoms with van der Waals surface area (Å²) in [7, 11) is 1.64. The van der Waals surface area contributed by atoms with Crippen molar-refractivity contribution >= 4 is 5.91 Å². The number of pyridine rings is 1. The first-order valence-corrected chi connectivity index (χ1v) is 10.8. The number of benzene rings is 1. The Labute approximate surface area is 183 Å². The van der Waals surface area contributed by atoms with E-state index in [-0.39, 0.29) is 5.91 Å². The third-order valence-corrected chi connectivity index (χ3v) is 6.08. The average Bonchev–Trinajstić information content (AvgIpc) is 2.84. The van der Waals surface area contributed by atoms with Crippen LogP contribution >= 0.6 is 0 Å². The van der Waals surface area contributed by atoms with Crippen LogP contribution in [0.25, 0.3) is 11.1 Å². The Hall–Kier alpha value is -3.28. The number of amides is 1. The molecule has 1 fully saturated rings. The van der Waals surface area contributed by atoms with Crippen LogP contribution in [0.15, 0.2) is 61.3 Å². The van der Waals surface area contributed by atoms with Crippen LogP contribution in [0.4, 0.5) is 0 Å². The number of carbonyl (C=O) groups excluding carboxylic acids is 1. The monoisotopic (exact) mass is 416 g/mol. The molecule has 1 aliphatic rings. The second-order valence-corrected chi connectivity index (χ2v) is 8.10. The van der Waals surface area contributed by atoms with Gasteiger partial charge in [0.1, 0.15) is 12.1 Å². The molecule has 6 heteroatoms. The highest BCUT2D eigenvalue weighted by Crippen LogP contribution is 2.38. The molecule has 2 aromatic heterocycles. The van der Waals surface area contributed by atoms with E-state index in [4.69, 9.17) is 4.74 Å². The summed E-state index contributed by atoms with van der Waals surface area (Å²) in [4.78, 5) is 25.3. The smallest absolute Gasteiger partial charge is 0.224 e. The molecule has 0 spiro atoms. The number of aromatic nitrogens is 3. The Kier molecular flexibility index (Phi) is 6.87. The summed E-state index contributed by atoms with van der Waals surface area (Å²) in [5.74, 6) is 1.82. The molecular formula is C25H28N4O2. The third kappa shape index (κ3) is 5.45. The molecule has 1 saturated carbocycles. The summed E-state index contributed by atoms with van der Waals surface area (Å²) in [5.41, 5.74) is 4.33. The molecule has 1 aliphatic carbocycles. The van der Waals surface area contributed by atoms with Gasteiger partial charge in [0.25, 0.3) is 0 Å². The lowest BCUT2D eigenvalue weighted by atomic mass is 9.79. The van der Waals surface area contributed by atoms with Crippen LogP contribution in [-0.2, 0) is 11.2 Å². The molecule has 0 aliphatic heterocycles. The van der Waals surface area contributed by atoms with Gasteiger partial charge in [-0.05, 0) is 67.0 Å². The lowest BCUT2D eigenvalue weighted by molar-refractivity contribution is -0.120. The minimum Gasteiger partial charge on any atom is -0.497 e. The lowest BCUT2D eigenvalue weighted by Gasteiger charge is -2.29. The molecule has 0 unspecified atom stereocenters. The zero-order valence-electron chi connectivity index (χ0n) is 17.8. The van der Waals surface area contributed by atoms with E-state index in [2.05, 4.69) is 20.3 Å². The topological polar surface area (TPSA) is 77.0 Å². The highest BCUT2D eigenvalue weighted by molar-refractivity contribution is 5.78. The minimum atomic E-state index is 0.0723. The molecule has 3 aromatic rings. The van der Waals surface area contributed by atoms with Crippen LogP contribution in [0.5, 0.6) is 5.75 Å². The van der Waals surface area contributed by atoms with Gasteiger partial charge in [0.2, 0.25) is 5.91 Å². The molecule has 6 nitrogen and oxygen atoms in total. The van der Waals surface area contributed by atoms with Crippen LogP contribution < -0.4 is 10.1 Å². The first-order valence-electron chi connectivity index (χ1n) is 10.8. The number of nitrogens with zero attached hydrogens (tertiary/aromatic N) is 3. The van der Waals surface area contributed by atoms with Gasteiger partial charge < -0.3 is 10.1 Å². The summed E-state index contributed by atoms with van der Waals surface area (Å²) in [6.45, 7) is 0.739. The van der Waals surface area contributed by atoms with Crippen molar-refractivity contribution in [1.29, 1.82) is 0 Å². The fourth-order valence-corrected chi connectivity index (χ4v) is 4.31. The van der Waals surface area contributed by atoms with Crippen LogP contribution in [0.1, 0.15) is 42.9 Å². The maximum Gasteiger partial charge on any atom is 0.224 e. The number of carbonyl (C=O) groups is 1.